The van der Waals surface area contributed by atoms with Gasteiger partial charge in [0.15, 0.2) is 5.54 Å². The Morgan fingerprint density at radius 3 is 2.29 bits per heavy atom. The van der Waals surface area contributed by atoms with Gasteiger partial charge in [0.2, 0.25) is 10.0 Å². The third-order valence-electron chi connectivity index (χ3n) is 10.5. The first kappa shape index (κ1) is 35.6. The number of benzene rings is 4. The molecule has 1 spiro atoms. The molecule has 2 heterocycles. The van der Waals surface area contributed by atoms with Crippen LogP contribution >= 0.6 is 0 Å². The van der Waals surface area contributed by atoms with Gasteiger partial charge in [-0.15, -0.1) is 0 Å². The quantitative estimate of drug-likeness (QED) is 0.166. The third-order valence-corrected chi connectivity index (χ3v) is 12.6. The topological polar surface area (TPSA) is 108 Å². The van der Waals surface area contributed by atoms with Gasteiger partial charge in [-0.05, 0) is 85.3 Å². The number of anilines is 1. The van der Waals surface area contributed by atoms with E-state index in [1.54, 1.807) is 30.3 Å². The molecule has 3 aliphatic rings. The highest BCUT2D eigenvalue weighted by Gasteiger charge is 2.67. The summed E-state index contributed by atoms with van der Waals surface area (Å²) < 4.78 is 93.6. The molecule has 4 aromatic rings. The molecule has 0 aromatic heterocycles. The van der Waals surface area contributed by atoms with E-state index in [0.717, 1.165) is 36.3 Å². The summed E-state index contributed by atoms with van der Waals surface area (Å²) in [5.41, 5.74) is -2.16. The number of rotatable bonds is 9. The van der Waals surface area contributed by atoms with Gasteiger partial charge in [-0.2, -0.15) is 4.31 Å². The summed E-state index contributed by atoms with van der Waals surface area (Å²) in [5.74, 6) is -5.40. The summed E-state index contributed by atoms with van der Waals surface area (Å²) in [6.07, 6.45) is -0.380. The Morgan fingerprint density at radius 1 is 0.923 bits per heavy atom. The van der Waals surface area contributed by atoms with Crippen LogP contribution in [0.4, 0.5) is 28.0 Å². The van der Waals surface area contributed by atoms with Crippen molar-refractivity contribution in [3.05, 3.63) is 131 Å². The van der Waals surface area contributed by atoms with E-state index < -0.39 is 62.3 Å². The lowest BCUT2D eigenvalue weighted by molar-refractivity contribution is -0.119. The highest BCUT2D eigenvalue weighted by molar-refractivity contribution is 7.89. The van der Waals surface area contributed by atoms with Gasteiger partial charge in [0.1, 0.15) is 23.3 Å². The van der Waals surface area contributed by atoms with Crippen molar-refractivity contribution in [2.24, 2.45) is 5.92 Å². The van der Waals surface area contributed by atoms with Crippen LogP contribution in [0.1, 0.15) is 36.0 Å². The summed E-state index contributed by atoms with van der Waals surface area (Å²) >= 11 is 0. The van der Waals surface area contributed by atoms with Gasteiger partial charge in [0.25, 0.3) is 5.91 Å². The highest BCUT2D eigenvalue weighted by Crippen LogP contribution is 2.55. The molecule has 9 nitrogen and oxygen atoms in total. The normalized spacial score (nSPS) is 24.7. The van der Waals surface area contributed by atoms with Crippen molar-refractivity contribution in [3.63, 3.8) is 0 Å². The molecule has 2 aliphatic heterocycles. The number of amides is 2. The van der Waals surface area contributed by atoms with Crippen molar-refractivity contribution in [1.82, 2.24) is 14.5 Å². The fourth-order valence-corrected chi connectivity index (χ4v) is 10.1. The largest absolute Gasteiger partial charge is 0.453 e. The van der Waals surface area contributed by atoms with Crippen LogP contribution < -0.4 is 10.6 Å². The molecular formula is C38H36F4N4O5S. The molecule has 0 radical (unpaired) electrons. The van der Waals surface area contributed by atoms with Crippen LogP contribution in [0.5, 0.6) is 0 Å². The summed E-state index contributed by atoms with van der Waals surface area (Å²) in [6, 6.07) is 19.6. The van der Waals surface area contributed by atoms with Crippen molar-refractivity contribution in [1.29, 1.82) is 0 Å². The SMILES string of the molecule is COC(=O)N1CC1(C(=O)Nc1cccc(F)c1C[C@@H]1C[C@]12CNC[C@H](C)N2S(=O)(=O)c1ccccc1)[C@@H](c1ccc(F)cc1)c1cc(F)cc(F)c1. The first-order valence-electron chi connectivity index (χ1n) is 16.8. The van der Waals surface area contributed by atoms with E-state index in [1.165, 1.54) is 34.6 Å². The van der Waals surface area contributed by atoms with Gasteiger partial charge < -0.3 is 15.4 Å². The smallest absolute Gasteiger partial charge is 0.410 e. The average molecular weight is 737 g/mol. The highest BCUT2D eigenvalue weighted by atomic mass is 32.2. The van der Waals surface area contributed by atoms with Crippen LogP contribution in [0, 0.1) is 29.2 Å². The number of carbonyl (C=O) groups is 2. The second-order valence-electron chi connectivity index (χ2n) is 13.7. The number of halogens is 4. The maximum atomic E-state index is 15.8. The van der Waals surface area contributed by atoms with E-state index in [1.807, 2.05) is 6.92 Å². The maximum absolute atomic E-state index is 15.8. The molecule has 272 valence electrons. The molecule has 7 rings (SSSR count). The van der Waals surface area contributed by atoms with Gasteiger partial charge in [-0.25, -0.2) is 30.8 Å². The molecule has 2 amide bonds. The number of carbonyl (C=O) groups excluding carboxylic acids is 2. The molecule has 4 aromatic carbocycles. The Bertz CT molecular complexity index is 2120. The van der Waals surface area contributed by atoms with Gasteiger partial charge >= 0.3 is 6.09 Å². The average Bonchev–Trinajstić information content (AvgIpc) is 4.02. The van der Waals surface area contributed by atoms with Gasteiger partial charge in [-0.3, -0.25) is 9.69 Å². The maximum Gasteiger partial charge on any atom is 0.410 e. The van der Waals surface area contributed by atoms with E-state index in [-0.39, 0.29) is 52.2 Å². The molecular weight excluding hydrogens is 701 g/mol. The van der Waals surface area contributed by atoms with E-state index in [2.05, 4.69) is 10.6 Å². The fourth-order valence-electron chi connectivity index (χ4n) is 8.01. The van der Waals surface area contributed by atoms with Crippen LogP contribution in [0.25, 0.3) is 0 Å². The Labute approximate surface area is 298 Å². The monoisotopic (exact) mass is 736 g/mol. The number of ether oxygens (including phenoxy) is 1. The molecule has 14 heteroatoms. The molecule has 2 N–H and O–H groups in total. The second-order valence-corrected chi connectivity index (χ2v) is 15.5. The van der Waals surface area contributed by atoms with E-state index in [4.69, 9.17) is 4.74 Å². The summed E-state index contributed by atoms with van der Waals surface area (Å²) in [6.45, 7) is 2.37. The third kappa shape index (κ3) is 6.11. The van der Waals surface area contributed by atoms with Gasteiger partial charge in [0.05, 0.1) is 24.1 Å². The second kappa shape index (κ2) is 13.3. The summed E-state index contributed by atoms with van der Waals surface area (Å²) in [4.78, 5) is 28.8. The number of methoxy groups -OCH3 is 1. The van der Waals surface area contributed by atoms with E-state index >= 15 is 4.39 Å². The first-order chi connectivity index (χ1) is 24.8. The first-order valence-corrected chi connectivity index (χ1v) is 18.2. The van der Waals surface area contributed by atoms with Crippen molar-refractivity contribution >= 4 is 27.7 Å². The fraction of sp³-hybridized carbons (Fsp3) is 0.316. The van der Waals surface area contributed by atoms with E-state index in [9.17, 15) is 31.2 Å². The minimum Gasteiger partial charge on any atom is -0.453 e. The molecule has 3 fully saturated rings. The zero-order valence-electron chi connectivity index (χ0n) is 28.3. The molecule has 5 atom stereocenters. The molecule has 1 saturated carbocycles. The zero-order chi connectivity index (χ0) is 37.0. The Kier molecular flexibility index (Phi) is 9.12. The standard InChI is InChI=1S/C38H36F4N4O5S/c1-23-20-43-21-37(46(23)52(49,50)30-7-4-3-5-8-30)19-26(37)17-31-32(42)9-6-10-33(31)44-35(47)38(22-45(38)36(48)51-2)34(24-11-13-27(39)14-12-24)25-15-28(40)18-29(41)16-25/h3-16,18,23,26,34,43H,17,19-22H2,1-2H3,(H,44,47)/t23-,26+,34-,37-,38?,45?/m0/s1. The number of hydrogen-bond donors (Lipinski definition) is 2. The Balaban J connectivity index is 1.24. The van der Waals surface area contributed by atoms with Gasteiger partial charge in [-0.1, -0.05) is 36.4 Å². The van der Waals surface area contributed by atoms with Crippen molar-refractivity contribution in [2.75, 3.05) is 32.1 Å². The number of nitrogens with one attached hydrogen (secondary N) is 2. The lowest BCUT2D eigenvalue weighted by Crippen LogP contribution is -2.60. The van der Waals surface area contributed by atoms with Crippen LogP contribution in [0.15, 0.2) is 95.9 Å². The molecule has 2 saturated heterocycles. The summed E-state index contributed by atoms with van der Waals surface area (Å²) in [7, 11) is -2.79. The number of piperazine rings is 1. The Hall–Kier alpha value is -4.79. The van der Waals surface area contributed by atoms with E-state index in [0.29, 0.717) is 25.6 Å². The number of nitrogens with zero attached hydrogens (tertiary/aromatic N) is 2. The predicted octanol–water partition coefficient (Wildman–Crippen LogP) is 5.82. The van der Waals surface area contributed by atoms with Crippen LogP contribution in [0.2, 0.25) is 0 Å². The predicted molar refractivity (Wildman–Crippen MR) is 184 cm³/mol. The zero-order valence-corrected chi connectivity index (χ0v) is 29.1. The molecule has 52 heavy (non-hydrogen) atoms. The lowest BCUT2D eigenvalue weighted by Gasteiger charge is -2.41. The number of hydrogen-bond acceptors (Lipinski definition) is 6. The van der Waals surface area contributed by atoms with Crippen LogP contribution in [-0.2, 0) is 26.0 Å². The Morgan fingerprint density at radius 2 is 1.62 bits per heavy atom. The number of sulfonamides is 1. The minimum absolute atomic E-state index is 0.00341. The summed E-state index contributed by atoms with van der Waals surface area (Å²) in [5, 5.41) is 6.11. The lowest BCUT2D eigenvalue weighted by atomic mass is 9.79. The van der Waals surface area contributed by atoms with Crippen molar-refractivity contribution in [2.45, 2.75) is 47.7 Å². The molecule has 1 aliphatic carbocycles. The van der Waals surface area contributed by atoms with Crippen LogP contribution in [-0.4, -0.2) is 73.5 Å². The van der Waals surface area contributed by atoms with Crippen molar-refractivity contribution < 1.29 is 40.3 Å². The minimum atomic E-state index is -3.92. The van der Waals surface area contributed by atoms with Crippen LogP contribution in [0.3, 0.4) is 0 Å². The van der Waals surface area contributed by atoms with Crippen molar-refractivity contribution in [3.8, 4) is 0 Å². The molecule has 0 bridgehead atoms. The molecule has 1 unspecified atom stereocenters. The van der Waals surface area contributed by atoms with Gasteiger partial charge in [0, 0.05) is 42.4 Å².